The molecule has 0 heterocycles. The van der Waals surface area contributed by atoms with E-state index in [4.69, 9.17) is 9.47 Å². The maximum Gasteiger partial charge on any atom is 0.239 e. The number of nitrogens with one attached hydrogen (secondary N) is 3. The van der Waals surface area contributed by atoms with Gasteiger partial charge in [0.25, 0.3) is 0 Å². The van der Waals surface area contributed by atoms with Crippen LogP contribution in [0.3, 0.4) is 0 Å². The minimum atomic E-state index is -0.0787. The number of aliphatic imine (C=N–C) groups is 1. The molecule has 0 aliphatic carbocycles. The molecular weight excluding hydrogens is 483 g/mol. The normalized spacial score (nSPS) is 10.5. The van der Waals surface area contributed by atoms with E-state index in [2.05, 4.69) is 20.9 Å². The Kier molecular flexibility index (Phi) is 11.6. The standard InChI is InChI=1S/C21H28N4O3.HI/c1-22-21(24-14-17-9-10-18(27-2)19(13-17)28-3)25-15-20(26)23-12-11-16-7-5-4-6-8-16;/h4-10,13H,11-12,14-15H2,1-3H3,(H,23,26)(H2,22,24,25);1H. The molecule has 158 valence electrons. The summed E-state index contributed by atoms with van der Waals surface area (Å²) in [6.07, 6.45) is 0.804. The third-order valence-corrected chi connectivity index (χ3v) is 4.13. The average molecular weight is 512 g/mol. The molecule has 0 bridgehead atoms. The molecule has 0 fully saturated rings. The maximum atomic E-state index is 12.0. The summed E-state index contributed by atoms with van der Waals surface area (Å²) in [6.45, 7) is 1.29. The lowest BCUT2D eigenvalue weighted by atomic mass is 10.1. The Hall–Kier alpha value is -2.49. The van der Waals surface area contributed by atoms with Crippen molar-refractivity contribution < 1.29 is 14.3 Å². The van der Waals surface area contributed by atoms with E-state index in [-0.39, 0.29) is 36.4 Å². The molecule has 8 heteroatoms. The summed E-state index contributed by atoms with van der Waals surface area (Å²) in [6, 6.07) is 15.8. The molecule has 0 atom stereocenters. The van der Waals surface area contributed by atoms with Gasteiger partial charge in [0.2, 0.25) is 5.91 Å². The van der Waals surface area contributed by atoms with Crippen molar-refractivity contribution in [3.63, 3.8) is 0 Å². The van der Waals surface area contributed by atoms with Gasteiger partial charge in [0.05, 0.1) is 20.8 Å². The van der Waals surface area contributed by atoms with Crippen LogP contribution in [-0.2, 0) is 17.8 Å². The number of hydrogen-bond acceptors (Lipinski definition) is 4. The number of benzene rings is 2. The van der Waals surface area contributed by atoms with Crippen molar-refractivity contribution in [3.8, 4) is 11.5 Å². The molecule has 3 N–H and O–H groups in total. The van der Waals surface area contributed by atoms with Crippen LogP contribution < -0.4 is 25.4 Å². The Morgan fingerprint density at radius 1 is 0.931 bits per heavy atom. The van der Waals surface area contributed by atoms with Crippen LogP contribution in [0.25, 0.3) is 0 Å². The van der Waals surface area contributed by atoms with E-state index in [1.807, 2.05) is 48.5 Å². The first-order valence-electron chi connectivity index (χ1n) is 9.12. The molecule has 0 saturated carbocycles. The fourth-order valence-corrected chi connectivity index (χ4v) is 2.61. The summed E-state index contributed by atoms with van der Waals surface area (Å²) < 4.78 is 10.5. The van der Waals surface area contributed by atoms with Crippen LogP contribution in [0, 0.1) is 0 Å². The van der Waals surface area contributed by atoms with E-state index in [0.29, 0.717) is 30.5 Å². The predicted molar refractivity (Wildman–Crippen MR) is 126 cm³/mol. The second-order valence-electron chi connectivity index (χ2n) is 6.05. The molecule has 0 spiro atoms. The molecule has 0 radical (unpaired) electrons. The van der Waals surface area contributed by atoms with Crippen LogP contribution in [0.2, 0.25) is 0 Å². The summed E-state index contributed by atoms with van der Waals surface area (Å²) in [7, 11) is 4.87. The predicted octanol–water partition coefficient (Wildman–Crippen LogP) is 2.35. The van der Waals surface area contributed by atoms with Crippen molar-refractivity contribution in [1.82, 2.24) is 16.0 Å². The van der Waals surface area contributed by atoms with Crippen LogP contribution in [0.15, 0.2) is 53.5 Å². The third kappa shape index (κ3) is 8.59. The molecule has 0 aliphatic rings. The highest BCUT2D eigenvalue weighted by atomic mass is 127. The number of carbonyl (C=O) groups excluding carboxylic acids is 1. The number of nitrogens with zero attached hydrogens (tertiary/aromatic N) is 1. The highest BCUT2D eigenvalue weighted by Gasteiger charge is 2.06. The number of hydrogen-bond donors (Lipinski definition) is 3. The molecule has 2 aromatic carbocycles. The van der Waals surface area contributed by atoms with E-state index in [9.17, 15) is 4.79 Å². The summed E-state index contributed by atoms with van der Waals surface area (Å²) in [5, 5.41) is 9.08. The highest BCUT2D eigenvalue weighted by Crippen LogP contribution is 2.27. The van der Waals surface area contributed by atoms with Crippen molar-refractivity contribution in [2.75, 3.05) is 34.4 Å². The lowest BCUT2D eigenvalue weighted by molar-refractivity contribution is -0.119. The van der Waals surface area contributed by atoms with Gasteiger partial charge < -0.3 is 25.4 Å². The lowest BCUT2D eigenvalue weighted by Gasteiger charge is -2.13. The molecule has 1 amide bonds. The number of amides is 1. The monoisotopic (exact) mass is 512 g/mol. The summed E-state index contributed by atoms with van der Waals surface area (Å²) in [5.41, 5.74) is 2.20. The second kappa shape index (κ2) is 13.6. The van der Waals surface area contributed by atoms with Crippen molar-refractivity contribution in [3.05, 3.63) is 59.7 Å². The molecule has 2 aromatic rings. The zero-order chi connectivity index (χ0) is 20.2. The van der Waals surface area contributed by atoms with E-state index in [1.165, 1.54) is 5.56 Å². The molecular formula is C21H29IN4O3. The van der Waals surface area contributed by atoms with Gasteiger partial charge in [-0.3, -0.25) is 9.79 Å². The molecule has 7 nitrogen and oxygen atoms in total. The quantitative estimate of drug-likeness (QED) is 0.273. The van der Waals surface area contributed by atoms with E-state index in [0.717, 1.165) is 12.0 Å². The van der Waals surface area contributed by atoms with E-state index in [1.54, 1.807) is 21.3 Å². The Bertz CT molecular complexity index is 785. The van der Waals surface area contributed by atoms with E-state index < -0.39 is 0 Å². The van der Waals surface area contributed by atoms with Crippen LogP contribution in [0.5, 0.6) is 11.5 Å². The molecule has 0 unspecified atom stereocenters. The molecule has 0 aliphatic heterocycles. The number of halogens is 1. The van der Waals surface area contributed by atoms with Gasteiger partial charge in [-0.15, -0.1) is 24.0 Å². The van der Waals surface area contributed by atoms with Gasteiger partial charge in [0, 0.05) is 20.1 Å². The Morgan fingerprint density at radius 2 is 1.66 bits per heavy atom. The van der Waals surface area contributed by atoms with Crippen LogP contribution in [0.1, 0.15) is 11.1 Å². The Labute approximate surface area is 189 Å². The van der Waals surface area contributed by atoms with Gasteiger partial charge in [-0.1, -0.05) is 36.4 Å². The number of carbonyl (C=O) groups is 1. The molecule has 0 saturated heterocycles. The summed E-state index contributed by atoms with van der Waals surface area (Å²) in [5.74, 6) is 1.82. The zero-order valence-electron chi connectivity index (χ0n) is 17.0. The Morgan fingerprint density at radius 3 is 2.31 bits per heavy atom. The number of guanidine groups is 1. The minimum Gasteiger partial charge on any atom is -0.493 e. The van der Waals surface area contributed by atoms with Gasteiger partial charge in [0.15, 0.2) is 17.5 Å². The average Bonchev–Trinajstić information content (AvgIpc) is 2.74. The van der Waals surface area contributed by atoms with Gasteiger partial charge in [0.1, 0.15) is 0 Å². The first-order valence-corrected chi connectivity index (χ1v) is 9.12. The number of ether oxygens (including phenoxy) is 2. The smallest absolute Gasteiger partial charge is 0.239 e. The maximum absolute atomic E-state index is 12.0. The lowest BCUT2D eigenvalue weighted by Crippen LogP contribution is -2.43. The molecule has 29 heavy (non-hydrogen) atoms. The first-order chi connectivity index (χ1) is 13.7. The van der Waals surface area contributed by atoms with Gasteiger partial charge in [-0.2, -0.15) is 0 Å². The largest absolute Gasteiger partial charge is 0.493 e. The van der Waals surface area contributed by atoms with E-state index >= 15 is 0 Å². The fraction of sp³-hybridized carbons (Fsp3) is 0.333. The fourth-order valence-electron chi connectivity index (χ4n) is 2.61. The van der Waals surface area contributed by atoms with Crippen LogP contribution in [0.4, 0.5) is 0 Å². The van der Waals surface area contributed by atoms with Crippen molar-refractivity contribution in [1.29, 1.82) is 0 Å². The summed E-state index contributed by atoms with van der Waals surface area (Å²) in [4.78, 5) is 16.1. The SMILES string of the molecule is CN=C(NCC(=O)NCCc1ccccc1)NCc1ccc(OC)c(OC)c1.I. The minimum absolute atomic E-state index is 0. The number of rotatable bonds is 9. The second-order valence-corrected chi connectivity index (χ2v) is 6.05. The van der Waals surface area contributed by atoms with Crippen LogP contribution >= 0.6 is 24.0 Å². The van der Waals surface area contributed by atoms with Crippen molar-refractivity contribution in [2.45, 2.75) is 13.0 Å². The third-order valence-electron chi connectivity index (χ3n) is 4.13. The molecule has 0 aromatic heterocycles. The van der Waals surface area contributed by atoms with Gasteiger partial charge in [-0.05, 0) is 29.7 Å². The van der Waals surface area contributed by atoms with Crippen LogP contribution in [-0.4, -0.2) is 46.2 Å². The van der Waals surface area contributed by atoms with Gasteiger partial charge in [-0.25, -0.2) is 0 Å². The Balaban J connectivity index is 0.00000420. The van der Waals surface area contributed by atoms with Crippen molar-refractivity contribution >= 4 is 35.8 Å². The van der Waals surface area contributed by atoms with Crippen molar-refractivity contribution in [2.24, 2.45) is 4.99 Å². The zero-order valence-corrected chi connectivity index (χ0v) is 19.4. The topological polar surface area (TPSA) is 84.0 Å². The highest BCUT2D eigenvalue weighted by molar-refractivity contribution is 14.0. The molecule has 2 rings (SSSR count). The number of methoxy groups -OCH3 is 2. The first kappa shape index (κ1) is 24.5. The summed E-state index contributed by atoms with van der Waals surface area (Å²) >= 11 is 0. The van der Waals surface area contributed by atoms with Gasteiger partial charge >= 0.3 is 0 Å².